The standard InChI is InChI=1S/C18H17N3O2/c22-18(13-20-10-8-14-5-1-2-6-16(14)20)21-11-15(12-21)23-17-7-3-4-9-19-17/h1-10,15H,11-13H2. The number of carbonyl (C=O) groups excluding carboxylic acids is 1. The molecule has 1 aliphatic rings. The first kappa shape index (κ1) is 13.8. The van der Waals surface area contributed by atoms with Crippen molar-refractivity contribution >= 4 is 16.8 Å². The van der Waals surface area contributed by atoms with Crippen molar-refractivity contribution in [2.24, 2.45) is 0 Å². The van der Waals surface area contributed by atoms with Crippen molar-refractivity contribution in [3.8, 4) is 5.88 Å². The molecule has 0 unspecified atom stereocenters. The van der Waals surface area contributed by atoms with Crippen LogP contribution >= 0.6 is 0 Å². The van der Waals surface area contributed by atoms with Gasteiger partial charge in [0.15, 0.2) is 0 Å². The first-order valence-electron chi connectivity index (χ1n) is 7.69. The molecule has 1 aliphatic heterocycles. The van der Waals surface area contributed by atoms with E-state index in [9.17, 15) is 4.79 Å². The molecule has 0 N–H and O–H groups in total. The number of likely N-dealkylation sites (tertiary alicyclic amines) is 1. The van der Waals surface area contributed by atoms with E-state index in [2.05, 4.69) is 11.1 Å². The SMILES string of the molecule is O=C(Cn1ccc2ccccc21)N1CC(Oc2ccccn2)C1. The number of hydrogen-bond donors (Lipinski definition) is 0. The molecule has 2 aromatic heterocycles. The summed E-state index contributed by atoms with van der Waals surface area (Å²) in [4.78, 5) is 18.3. The Morgan fingerprint density at radius 1 is 1.13 bits per heavy atom. The van der Waals surface area contributed by atoms with Gasteiger partial charge in [-0.15, -0.1) is 0 Å². The van der Waals surface area contributed by atoms with Crippen molar-refractivity contribution in [2.75, 3.05) is 13.1 Å². The van der Waals surface area contributed by atoms with Crippen LogP contribution in [0.3, 0.4) is 0 Å². The van der Waals surface area contributed by atoms with Gasteiger partial charge in [-0.25, -0.2) is 4.98 Å². The third-order valence-electron chi connectivity index (χ3n) is 4.11. The Morgan fingerprint density at radius 3 is 2.78 bits per heavy atom. The Labute approximate surface area is 134 Å². The fraction of sp³-hybridized carbons (Fsp3) is 0.222. The van der Waals surface area contributed by atoms with E-state index < -0.39 is 0 Å². The zero-order valence-corrected chi connectivity index (χ0v) is 12.6. The van der Waals surface area contributed by atoms with Crippen molar-refractivity contribution < 1.29 is 9.53 Å². The maximum Gasteiger partial charge on any atom is 0.242 e. The second-order valence-corrected chi connectivity index (χ2v) is 5.71. The quantitative estimate of drug-likeness (QED) is 0.743. The molecule has 3 aromatic rings. The molecule has 5 nitrogen and oxygen atoms in total. The topological polar surface area (TPSA) is 47.4 Å². The van der Waals surface area contributed by atoms with Crippen LogP contribution in [0, 0.1) is 0 Å². The van der Waals surface area contributed by atoms with E-state index in [0.29, 0.717) is 25.5 Å². The number of benzene rings is 1. The van der Waals surface area contributed by atoms with Crippen LogP contribution in [0.4, 0.5) is 0 Å². The van der Waals surface area contributed by atoms with Gasteiger partial charge in [-0.1, -0.05) is 24.3 Å². The molecular formula is C18H17N3O2. The van der Waals surface area contributed by atoms with Crippen molar-refractivity contribution in [3.63, 3.8) is 0 Å². The molecule has 0 atom stereocenters. The highest BCUT2D eigenvalue weighted by molar-refractivity contribution is 5.83. The number of ether oxygens (including phenoxy) is 1. The monoisotopic (exact) mass is 307 g/mol. The Morgan fingerprint density at radius 2 is 1.96 bits per heavy atom. The lowest BCUT2D eigenvalue weighted by atomic mass is 10.1. The first-order chi connectivity index (χ1) is 11.3. The summed E-state index contributed by atoms with van der Waals surface area (Å²) in [6.45, 7) is 1.60. The van der Waals surface area contributed by atoms with Crippen LogP contribution < -0.4 is 4.74 Å². The molecule has 0 aliphatic carbocycles. The molecule has 3 heterocycles. The van der Waals surface area contributed by atoms with Gasteiger partial charge in [-0.05, 0) is 23.6 Å². The second kappa shape index (κ2) is 5.76. The van der Waals surface area contributed by atoms with E-state index >= 15 is 0 Å². The molecule has 1 amide bonds. The second-order valence-electron chi connectivity index (χ2n) is 5.71. The van der Waals surface area contributed by atoms with E-state index in [1.165, 1.54) is 0 Å². The predicted octanol–water partition coefficient (Wildman–Crippen LogP) is 2.33. The first-order valence-corrected chi connectivity index (χ1v) is 7.69. The minimum atomic E-state index is 0.0373. The predicted molar refractivity (Wildman–Crippen MR) is 87.2 cm³/mol. The fourth-order valence-corrected chi connectivity index (χ4v) is 2.83. The molecule has 1 fully saturated rings. The van der Waals surface area contributed by atoms with Gasteiger partial charge in [0.2, 0.25) is 11.8 Å². The largest absolute Gasteiger partial charge is 0.471 e. The van der Waals surface area contributed by atoms with Crippen LogP contribution in [0.15, 0.2) is 60.9 Å². The van der Waals surface area contributed by atoms with Crippen LogP contribution in [0.1, 0.15) is 0 Å². The summed E-state index contributed by atoms with van der Waals surface area (Å²) in [7, 11) is 0. The highest BCUT2D eigenvalue weighted by Crippen LogP contribution is 2.18. The normalized spacial score (nSPS) is 14.7. The summed E-state index contributed by atoms with van der Waals surface area (Å²) in [6.07, 6.45) is 3.70. The Bertz CT molecular complexity index is 822. The summed E-state index contributed by atoms with van der Waals surface area (Å²) in [5, 5.41) is 1.15. The number of hydrogen-bond acceptors (Lipinski definition) is 3. The maximum absolute atomic E-state index is 12.4. The highest BCUT2D eigenvalue weighted by Gasteiger charge is 2.32. The molecule has 116 valence electrons. The minimum absolute atomic E-state index is 0.0373. The van der Waals surface area contributed by atoms with E-state index in [1.807, 2.05) is 58.1 Å². The summed E-state index contributed by atoms with van der Waals surface area (Å²) in [5.74, 6) is 0.730. The lowest BCUT2D eigenvalue weighted by Gasteiger charge is -2.38. The van der Waals surface area contributed by atoms with Crippen molar-refractivity contribution in [1.29, 1.82) is 0 Å². The van der Waals surface area contributed by atoms with Gasteiger partial charge in [0.1, 0.15) is 12.6 Å². The summed E-state index contributed by atoms with van der Waals surface area (Å²) >= 11 is 0. The van der Waals surface area contributed by atoms with Gasteiger partial charge in [0, 0.05) is 24.0 Å². The third-order valence-corrected chi connectivity index (χ3v) is 4.11. The number of pyridine rings is 1. The van der Waals surface area contributed by atoms with Crippen molar-refractivity contribution in [1.82, 2.24) is 14.5 Å². The molecule has 0 radical (unpaired) electrons. The number of amides is 1. The smallest absolute Gasteiger partial charge is 0.242 e. The average molecular weight is 307 g/mol. The van der Waals surface area contributed by atoms with Gasteiger partial charge < -0.3 is 14.2 Å². The lowest BCUT2D eigenvalue weighted by molar-refractivity contribution is -0.140. The van der Waals surface area contributed by atoms with Crippen molar-refractivity contribution in [3.05, 3.63) is 60.9 Å². The molecule has 23 heavy (non-hydrogen) atoms. The third kappa shape index (κ3) is 2.77. The molecule has 1 saturated heterocycles. The average Bonchev–Trinajstić information content (AvgIpc) is 2.94. The van der Waals surface area contributed by atoms with Gasteiger partial charge in [0.05, 0.1) is 13.1 Å². The van der Waals surface area contributed by atoms with E-state index in [4.69, 9.17) is 4.74 Å². The van der Waals surface area contributed by atoms with Gasteiger partial charge in [-0.2, -0.15) is 0 Å². The zero-order valence-electron chi connectivity index (χ0n) is 12.6. The highest BCUT2D eigenvalue weighted by atomic mass is 16.5. The number of nitrogens with zero attached hydrogens (tertiary/aromatic N) is 3. The van der Waals surface area contributed by atoms with E-state index in [-0.39, 0.29) is 12.0 Å². The van der Waals surface area contributed by atoms with Crippen molar-refractivity contribution in [2.45, 2.75) is 12.6 Å². The summed E-state index contributed by atoms with van der Waals surface area (Å²) in [6, 6.07) is 15.7. The lowest BCUT2D eigenvalue weighted by Crippen LogP contribution is -2.56. The van der Waals surface area contributed by atoms with Crippen LogP contribution in [0.5, 0.6) is 5.88 Å². The van der Waals surface area contributed by atoms with Gasteiger partial charge in [0.25, 0.3) is 0 Å². The minimum Gasteiger partial charge on any atom is -0.471 e. The maximum atomic E-state index is 12.4. The molecule has 5 heteroatoms. The number of para-hydroxylation sites is 1. The van der Waals surface area contributed by atoms with Crippen LogP contribution in [0.25, 0.3) is 10.9 Å². The Balaban J connectivity index is 1.35. The van der Waals surface area contributed by atoms with Crippen LogP contribution in [-0.2, 0) is 11.3 Å². The van der Waals surface area contributed by atoms with Crippen LogP contribution in [-0.4, -0.2) is 39.6 Å². The zero-order chi connectivity index (χ0) is 15.6. The van der Waals surface area contributed by atoms with E-state index in [1.54, 1.807) is 6.20 Å². The molecule has 4 rings (SSSR count). The number of carbonyl (C=O) groups is 1. The molecule has 0 spiro atoms. The Kier molecular flexibility index (Phi) is 3.46. The van der Waals surface area contributed by atoms with Gasteiger partial charge in [-0.3, -0.25) is 4.79 Å². The van der Waals surface area contributed by atoms with Gasteiger partial charge >= 0.3 is 0 Å². The number of fused-ring (bicyclic) bond motifs is 1. The molecule has 1 aromatic carbocycles. The summed E-state index contributed by atoms with van der Waals surface area (Å²) in [5.41, 5.74) is 1.09. The van der Waals surface area contributed by atoms with Crippen LogP contribution in [0.2, 0.25) is 0 Å². The molecule has 0 saturated carbocycles. The number of rotatable bonds is 4. The van der Waals surface area contributed by atoms with E-state index in [0.717, 1.165) is 10.9 Å². The Hall–Kier alpha value is -2.82. The molecule has 0 bridgehead atoms. The number of aromatic nitrogens is 2. The summed E-state index contributed by atoms with van der Waals surface area (Å²) < 4.78 is 7.72. The molecular weight excluding hydrogens is 290 g/mol. The fourth-order valence-electron chi connectivity index (χ4n) is 2.83.